The lowest BCUT2D eigenvalue weighted by Gasteiger charge is -2.30. The number of likely N-dealkylation sites (N-methyl/N-ethyl adjacent to an activating group) is 1. The third-order valence-electron chi connectivity index (χ3n) is 5.45. The largest absolute Gasteiger partial charge is 0.483 e. The van der Waals surface area contributed by atoms with Crippen LogP contribution >= 0.6 is 0 Å². The average molecular weight is 501 g/mol. The van der Waals surface area contributed by atoms with Gasteiger partial charge in [0.15, 0.2) is 5.82 Å². The minimum Gasteiger partial charge on any atom is -0.483 e. The van der Waals surface area contributed by atoms with Gasteiger partial charge in [0.05, 0.1) is 11.1 Å². The number of likely N-dealkylation sites (tertiary alicyclic amines) is 1. The Balaban J connectivity index is 0.00000108. The van der Waals surface area contributed by atoms with Crippen molar-refractivity contribution in [2.75, 3.05) is 25.5 Å². The molecule has 3 heterocycles. The molecule has 0 saturated carbocycles. The number of halogens is 6. The summed E-state index contributed by atoms with van der Waals surface area (Å²) in [6, 6.07) is 3.07. The van der Waals surface area contributed by atoms with Crippen LogP contribution in [0.2, 0.25) is 0 Å². The highest BCUT2D eigenvalue weighted by molar-refractivity contribution is 6.00. The number of fused-ring (bicyclic) bond motifs is 1. The number of carbonyl (C=O) groups is 1. The number of piperidine rings is 1. The van der Waals surface area contributed by atoms with Crippen molar-refractivity contribution < 1.29 is 36.2 Å². The maximum atomic E-state index is 13.7. The van der Waals surface area contributed by atoms with Crippen LogP contribution in [0, 0.1) is 0 Å². The first-order chi connectivity index (χ1) is 16.5. The van der Waals surface area contributed by atoms with Crippen LogP contribution in [0.1, 0.15) is 24.0 Å². The summed E-state index contributed by atoms with van der Waals surface area (Å²) in [4.78, 5) is 14.6. The van der Waals surface area contributed by atoms with Crippen molar-refractivity contribution in [2.45, 2.75) is 31.2 Å². The van der Waals surface area contributed by atoms with Gasteiger partial charge in [0.2, 0.25) is 0 Å². The Kier molecular flexibility index (Phi) is 7.78. The first kappa shape index (κ1) is 26.1. The third kappa shape index (κ3) is 6.15. The normalized spacial score (nSPS) is 16.9. The third-order valence-corrected chi connectivity index (χ3v) is 5.45. The van der Waals surface area contributed by atoms with Crippen molar-refractivity contribution >= 4 is 23.1 Å². The second-order valence-electron chi connectivity index (χ2n) is 7.93. The summed E-state index contributed by atoms with van der Waals surface area (Å²) in [7, 11) is 1.99. The predicted octanol–water partition coefficient (Wildman–Crippen LogP) is 4.94. The molecule has 1 fully saturated rings. The van der Waals surface area contributed by atoms with Crippen LogP contribution in [0.25, 0.3) is 22.0 Å². The molecule has 0 bridgehead atoms. The van der Waals surface area contributed by atoms with E-state index in [4.69, 9.17) is 9.90 Å². The number of nitrogens with one attached hydrogen (secondary N) is 1. The number of hydrogen-bond donors (Lipinski definition) is 2. The zero-order valence-electron chi connectivity index (χ0n) is 18.4. The van der Waals surface area contributed by atoms with Gasteiger partial charge in [0.1, 0.15) is 5.69 Å². The molecule has 1 saturated heterocycles. The molecule has 1 aromatic carbocycles. The van der Waals surface area contributed by atoms with Crippen molar-refractivity contribution in [3.05, 3.63) is 47.8 Å². The highest BCUT2D eigenvalue weighted by Gasteiger charge is 2.39. The van der Waals surface area contributed by atoms with E-state index >= 15 is 0 Å². The smallest absolute Gasteiger partial charge is 0.417 e. The van der Waals surface area contributed by atoms with E-state index in [1.54, 1.807) is 0 Å². The summed E-state index contributed by atoms with van der Waals surface area (Å²) in [6.07, 6.45) is -5.19. The summed E-state index contributed by atoms with van der Waals surface area (Å²) in [5.41, 5.74) is -3.44. The number of nitrogens with zero attached hydrogens (tertiary/aromatic N) is 4. The maximum Gasteiger partial charge on any atom is 0.417 e. The molecule has 7 nitrogen and oxygen atoms in total. The van der Waals surface area contributed by atoms with Gasteiger partial charge in [-0.1, -0.05) is 6.07 Å². The summed E-state index contributed by atoms with van der Waals surface area (Å²) in [6.45, 7) is 1.49. The van der Waals surface area contributed by atoms with Gasteiger partial charge in [-0.3, -0.25) is 9.78 Å². The number of aromatic nitrogens is 3. The molecule has 1 aliphatic rings. The zero-order chi connectivity index (χ0) is 25.8. The van der Waals surface area contributed by atoms with Gasteiger partial charge in [-0.05, 0) is 44.6 Å². The van der Waals surface area contributed by atoms with Crippen LogP contribution in [0.4, 0.5) is 32.2 Å². The molecule has 3 aromatic rings. The van der Waals surface area contributed by atoms with Crippen LogP contribution in [0.5, 0.6) is 0 Å². The fourth-order valence-corrected chi connectivity index (χ4v) is 3.94. The minimum absolute atomic E-state index is 0.0779. The van der Waals surface area contributed by atoms with E-state index in [0.717, 1.165) is 32.0 Å². The van der Waals surface area contributed by atoms with Crippen LogP contribution in [0.3, 0.4) is 0 Å². The quantitative estimate of drug-likeness (QED) is 0.388. The van der Waals surface area contributed by atoms with Gasteiger partial charge in [0, 0.05) is 41.3 Å². The van der Waals surface area contributed by atoms with Crippen molar-refractivity contribution in [2.24, 2.45) is 0 Å². The molecule has 13 heteroatoms. The van der Waals surface area contributed by atoms with Crippen molar-refractivity contribution in [3.8, 4) is 11.3 Å². The molecule has 1 aliphatic heterocycles. The van der Waals surface area contributed by atoms with Gasteiger partial charge < -0.3 is 15.3 Å². The molecule has 0 unspecified atom stereocenters. The number of hydrogen-bond acceptors (Lipinski definition) is 6. The van der Waals surface area contributed by atoms with E-state index in [9.17, 15) is 26.3 Å². The van der Waals surface area contributed by atoms with E-state index in [1.807, 2.05) is 7.05 Å². The van der Waals surface area contributed by atoms with Gasteiger partial charge in [0.25, 0.3) is 6.47 Å². The maximum absolute atomic E-state index is 13.7. The first-order valence-corrected chi connectivity index (χ1v) is 10.4. The monoisotopic (exact) mass is 501 g/mol. The molecule has 1 atom stereocenters. The van der Waals surface area contributed by atoms with Crippen LogP contribution in [-0.2, 0) is 17.1 Å². The molecule has 0 aliphatic carbocycles. The standard InChI is InChI=1S/C21H19F6N5.CH2O2/c1-32-8-2-3-13(11-32)29-19-16-10-28-7-6-14(16)18(30-31-19)15-5-4-12(20(22,23)24)9-17(15)21(25,26)27;2-1-3/h4-7,9-10,13H,2-3,8,11H2,1H3,(H,29,31);1H,(H,2,3)/t13-;/m1./s1. The molecule has 4 rings (SSSR count). The Bertz CT molecular complexity index is 1190. The summed E-state index contributed by atoms with van der Waals surface area (Å²) < 4.78 is 80.1. The Morgan fingerprint density at radius 3 is 2.43 bits per heavy atom. The number of benzene rings is 1. The Morgan fingerprint density at radius 2 is 1.80 bits per heavy atom. The zero-order valence-corrected chi connectivity index (χ0v) is 18.4. The second kappa shape index (κ2) is 10.4. The topological polar surface area (TPSA) is 91.2 Å². The van der Waals surface area contributed by atoms with Crippen molar-refractivity contribution in [1.29, 1.82) is 0 Å². The molecular weight excluding hydrogens is 480 g/mol. The van der Waals surface area contributed by atoms with E-state index in [2.05, 4.69) is 25.4 Å². The van der Waals surface area contributed by atoms with Crippen LogP contribution in [0.15, 0.2) is 36.7 Å². The number of rotatable bonds is 3. The Labute approximate surface area is 195 Å². The Morgan fingerprint density at radius 1 is 1.09 bits per heavy atom. The van der Waals surface area contributed by atoms with E-state index in [0.29, 0.717) is 22.7 Å². The fourth-order valence-electron chi connectivity index (χ4n) is 3.94. The van der Waals surface area contributed by atoms with Gasteiger partial charge in [-0.15, -0.1) is 10.2 Å². The molecule has 0 spiro atoms. The number of anilines is 1. The minimum atomic E-state index is -5.01. The summed E-state index contributed by atoms with van der Waals surface area (Å²) in [5.74, 6) is 0.373. The number of pyridine rings is 1. The van der Waals surface area contributed by atoms with E-state index in [-0.39, 0.29) is 24.3 Å². The van der Waals surface area contributed by atoms with Gasteiger partial charge >= 0.3 is 12.4 Å². The summed E-state index contributed by atoms with van der Waals surface area (Å²) in [5, 5.41) is 19.0. The number of alkyl halides is 6. The predicted molar refractivity (Wildman–Crippen MR) is 116 cm³/mol. The highest BCUT2D eigenvalue weighted by atomic mass is 19.4. The molecule has 188 valence electrons. The SMILES string of the molecule is CN1CCC[C@@H](Nc2nnc(-c3ccc(C(F)(F)F)cc3C(F)(F)F)c3ccncc23)C1.O=CO. The molecule has 2 aromatic heterocycles. The highest BCUT2D eigenvalue weighted by Crippen LogP contribution is 2.42. The average Bonchev–Trinajstić information content (AvgIpc) is 2.78. The van der Waals surface area contributed by atoms with Crippen molar-refractivity contribution in [3.63, 3.8) is 0 Å². The molecule has 35 heavy (non-hydrogen) atoms. The molecule has 2 N–H and O–H groups in total. The van der Waals surface area contributed by atoms with E-state index in [1.165, 1.54) is 18.5 Å². The van der Waals surface area contributed by atoms with Crippen LogP contribution < -0.4 is 5.32 Å². The lowest BCUT2D eigenvalue weighted by molar-refractivity contribution is -0.142. The lowest BCUT2D eigenvalue weighted by Crippen LogP contribution is -2.40. The molecular formula is C22H21F6N5O2. The van der Waals surface area contributed by atoms with Gasteiger partial charge in [-0.25, -0.2) is 0 Å². The fraction of sp³-hybridized carbons (Fsp3) is 0.364. The van der Waals surface area contributed by atoms with Crippen LogP contribution in [-0.4, -0.2) is 57.8 Å². The number of carboxylic acid groups (broad SMARTS) is 1. The lowest BCUT2D eigenvalue weighted by atomic mass is 9.97. The second-order valence-corrected chi connectivity index (χ2v) is 7.93. The van der Waals surface area contributed by atoms with Crippen molar-refractivity contribution in [1.82, 2.24) is 20.1 Å². The molecule has 0 radical (unpaired) electrons. The Hall–Kier alpha value is -3.48. The van der Waals surface area contributed by atoms with Gasteiger partial charge in [-0.2, -0.15) is 26.3 Å². The van der Waals surface area contributed by atoms with E-state index < -0.39 is 29.0 Å². The summed E-state index contributed by atoms with van der Waals surface area (Å²) >= 11 is 0. The molecule has 0 amide bonds. The first-order valence-electron chi connectivity index (χ1n) is 10.4.